The van der Waals surface area contributed by atoms with Crippen LogP contribution in [-0.4, -0.2) is 20.9 Å². The minimum atomic E-state index is -3.72. The van der Waals surface area contributed by atoms with Crippen molar-refractivity contribution in [1.29, 1.82) is 0 Å². The fourth-order valence-electron chi connectivity index (χ4n) is 2.49. The van der Waals surface area contributed by atoms with Gasteiger partial charge in [0.15, 0.2) is 6.61 Å². The first-order chi connectivity index (χ1) is 13.8. The lowest BCUT2D eigenvalue weighted by Crippen LogP contribution is -2.20. The summed E-state index contributed by atoms with van der Waals surface area (Å²) in [6.07, 6.45) is 0. The molecule has 0 aromatic heterocycles. The van der Waals surface area contributed by atoms with Gasteiger partial charge < -0.3 is 10.1 Å². The van der Waals surface area contributed by atoms with E-state index in [0.29, 0.717) is 17.1 Å². The monoisotopic (exact) mass is 474 g/mol. The van der Waals surface area contributed by atoms with Crippen LogP contribution in [-0.2, 0) is 14.8 Å². The van der Waals surface area contributed by atoms with Crippen LogP contribution in [0.4, 0.5) is 11.4 Å². The SMILES string of the molecule is Cc1ccccc1NS(=O)(=O)c1ccc(OCC(=O)Nc2ccc(Br)cc2)cc1. The Kier molecular flexibility index (Phi) is 6.56. The lowest BCUT2D eigenvalue weighted by atomic mass is 10.2. The molecule has 2 N–H and O–H groups in total. The molecule has 0 spiro atoms. The number of para-hydroxylation sites is 1. The van der Waals surface area contributed by atoms with E-state index in [1.807, 2.05) is 31.2 Å². The first-order valence-electron chi connectivity index (χ1n) is 8.70. The van der Waals surface area contributed by atoms with E-state index in [9.17, 15) is 13.2 Å². The maximum atomic E-state index is 12.5. The van der Waals surface area contributed by atoms with Crippen LogP contribution in [0.5, 0.6) is 5.75 Å². The molecule has 6 nitrogen and oxygen atoms in total. The number of anilines is 2. The maximum Gasteiger partial charge on any atom is 0.262 e. The number of carbonyl (C=O) groups is 1. The molecule has 0 radical (unpaired) electrons. The Bertz CT molecular complexity index is 1100. The summed E-state index contributed by atoms with van der Waals surface area (Å²) in [4.78, 5) is 12.1. The molecule has 0 bridgehead atoms. The second-order valence-corrected chi connectivity index (χ2v) is 8.83. The summed E-state index contributed by atoms with van der Waals surface area (Å²) in [7, 11) is -3.72. The van der Waals surface area contributed by atoms with Crippen LogP contribution >= 0.6 is 15.9 Å². The molecule has 0 heterocycles. The highest BCUT2D eigenvalue weighted by Crippen LogP contribution is 2.21. The molecule has 29 heavy (non-hydrogen) atoms. The number of benzene rings is 3. The Morgan fingerprint density at radius 1 is 0.966 bits per heavy atom. The lowest BCUT2D eigenvalue weighted by Gasteiger charge is -2.11. The Balaban J connectivity index is 1.58. The molecule has 0 atom stereocenters. The first kappa shape index (κ1) is 20.9. The normalized spacial score (nSPS) is 11.0. The second-order valence-electron chi connectivity index (χ2n) is 6.24. The summed E-state index contributed by atoms with van der Waals surface area (Å²) >= 11 is 3.33. The first-order valence-corrected chi connectivity index (χ1v) is 11.0. The van der Waals surface area contributed by atoms with Crippen molar-refractivity contribution < 1.29 is 17.9 Å². The molecule has 0 aliphatic heterocycles. The predicted octanol–water partition coefficient (Wildman–Crippen LogP) is 4.58. The number of aryl methyl sites for hydroxylation is 1. The van der Waals surface area contributed by atoms with E-state index in [0.717, 1.165) is 10.0 Å². The highest BCUT2D eigenvalue weighted by molar-refractivity contribution is 9.10. The lowest BCUT2D eigenvalue weighted by molar-refractivity contribution is -0.118. The summed E-state index contributed by atoms with van der Waals surface area (Å²) in [5.74, 6) is 0.0797. The van der Waals surface area contributed by atoms with Gasteiger partial charge in [-0.3, -0.25) is 9.52 Å². The number of ether oxygens (including phenoxy) is 1. The van der Waals surface area contributed by atoms with Gasteiger partial charge in [0.25, 0.3) is 15.9 Å². The van der Waals surface area contributed by atoms with Gasteiger partial charge >= 0.3 is 0 Å². The molecule has 0 aliphatic carbocycles. The number of sulfonamides is 1. The number of halogens is 1. The zero-order valence-corrected chi connectivity index (χ0v) is 18.0. The number of hydrogen-bond donors (Lipinski definition) is 2. The quantitative estimate of drug-likeness (QED) is 0.524. The smallest absolute Gasteiger partial charge is 0.262 e. The third-order valence-corrected chi connectivity index (χ3v) is 5.93. The number of hydrogen-bond acceptors (Lipinski definition) is 4. The van der Waals surface area contributed by atoms with E-state index >= 15 is 0 Å². The van der Waals surface area contributed by atoms with E-state index < -0.39 is 10.0 Å². The molecule has 3 rings (SSSR count). The number of amides is 1. The second kappa shape index (κ2) is 9.11. The minimum absolute atomic E-state index is 0.104. The topological polar surface area (TPSA) is 84.5 Å². The van der Waals surface area contributed by atoms with Gasteiger partial charge in [0, 0.05) is 10.2 Å². The van der Waals surface area contributed by atoms with Gasteiger partial charge in [0.05, 0.1) is 10.6 Å². The van der Waals surface area contributed by atoms with E-state index in [4.69, 9.17) is 4.74 Å². The number of carbonyl (C=O) groups excluding carboxylic acids is 1. The van der Waals surface area contributed by atoms with Crippen LogP contribution in [0.2, 0.25) is 0 Å². The van der Waals surface area contributed by atoms with Gasteiger partial charge in [0.2, 0.25) is 0 Å². The van der Waals surface area contributed by atoms with Crippen LogP contribution in [0.15, 0.2) is 82.2 Å². The van der Waals surface area contributed by atoms with Crippen molar-refractivity contribution in [1.82, 2.24) is 0 Å². The summed E-state index contributed by atoms with van der Waals surface area (Å²) in [6.45, 7) is 1.64. The summed E-state index contributed by atoms with van der Waals surface area (Å²) in [6, 6.07) is 20.2. The highest BCUT2D eigenvalue weighted by Gasteiger charge is 2.15. The fourth-order valence-corrected chi connectivity index (χ4v) is 3.88. The van der Waals surface area contributed by atoms with E-state index in [-0.39, 0.29) is 17.4 Å². The molecule has 1 amide bonds. The van der Waals surface area contributed by atoms with Crippen molar-refractivity contribution >= 4 is 43.2 Å². The molecule has 8 heteroatoms. The number of nitrogens with one attached hydrogen (secondary N) is 2. The molecule has 150 valence electrons. The molecule has 3 aromatic rings. The molecule has 0 saturated heterocycles. The van der Waals surface area contributed by atoms with Gasteiger partial charge in [-0.1, -0.05) is 34.1 Å². The van der Waals surface area contributed by atoms with Crippen molar-refractivity contribution in [2.45, 2.75) is 11.8 Å². The van der Waals surface area contributed by atoms with Crippen LogP contribution in [0.25, 0.3) is 0 Å². The van der Waals surface area contributed by atoms with Gasteiger partial charge in [-0.25, -0.2) is 8.42 Å². The summed E-state index contributed by atoms with van der Waals surface area (Å²) in [5.41, 5.74) is 2.01. The van der Waals surface area contributed by atoms with Crippen molar-refractivity contribution in [3.8, 4) is 5.75 Å². The molecular weight excluding hydrogens is 456 g/mol. The third kappa shape index (κ3) is 5.82. The average Bonchev–Trinajstić information content (AvgIpc) is 2.70. The Morgan fingerprint density at radius 2 is 1.62 bits per heavy atom. The molecule has 0 unspecified atom stereocenters. The molecule has 0 fully saturated rings. The van der Waals surface area contributed by atoms with Gasteiger partial charge in [-0.2, -0.15) is 0 Å². The Hall–Kier alpha value is -2.84. The van der Waals surface area contributed by atoms with Crippen molar-refractivity contribution in [3.63, 3.8) is 0 Å². The van der Waals surface area contributed by atoms with Crippen LogP contribution in [0, 0.1) is 6.92 Å². The van der Waals surface area contributed by atoms with Crippen molar-refractivity contribution in [2.75, 3.05) is 16.6 Å². The molecular formula is C21H19BrN2O4S. The average molecular weight is 475 g/mol. The Morgan fingerprint density at radius 3 is 2.28 bits per heavy atom. The van der Waals surface area contributed by atoms with Crippen LogP contribution in [0.1, 0.15) is 5.56 Å². The summed E-state index contributed by atoms with van der Waals surface area (Å²) < 4.78 is 34.0. The minimum Gasteiger partial charge on any atom is -0.484 e. The molecule has 3 aromatic carbocycles. The highest BCUT2D eigenvalue weighted by atomic mass is 79.9. The zero-order valence-electron chi connectivity index (χ0n) is 15.6. The Labute approximate surface area is 178 Å². The van der Waals surface area contributed by atoms with Crippen molar-refractivity contribution in [2.24, 2.45) is 0 Å². The molecule has 0 saturated carbocycles. The van der Waals surface area contributed by atoms with Gasteiger partial charge in [-0.05, 0) is 67.1 Å². The van der Waals surface area contributed by atoms with Crippen LogP contribution < -0.4 is 14.8 Å². The predicted molar refractivity (Wildman–Crippen MR) is 117 cm³/mol. The molecule has 0 aliphatic rings. The van der Waals surface area contributed by atoms with Gasteiger partial charge in [-0.15, -0.1) is 0 Å². The number of rotatable bonds is 7. The van der Waals surface area contributed by atoms with Crippen LogP contribution in [0.3, 0.4) is 0 Å². The zero-order chi connectivity index (χ0) is 20.9. The van der Waals surface area contributed by atoms with Crippen molar-refractivity contribution in [3.05, 3.63) is 82.8 Å². The maximum absolute atomic E-state index is 12.5. The van der Waals surface area contributed by atoms with E-state index in [1.54, 1.807) is 24.3 Å². The van der Waals surface area contributed by atoms with Gasteiger partial charge in [0.1, 0.15) is 5.75 Å². The largest absolute Gasteiger partial charge is 0.484 e. The van der Waals surface area contributed by atoms with E-state index in [1.165, 1.54) is 24.3 Å². The van der Waals surface area contributed by atoms with E-state index in [2.05, 4.69) is 26.0 Å². The fraction of sp³-hybridized carbons (Fsp3) is 0.0952. The summed E-state index contributed by atoms with van der Waals surface area (Å²) in [5, 5.41) is 2.72. The third-order valence-electron chi connectivity index (χ3n) is 4.02. The standard InChI is InChI=1S/C21H19BrN2O4S/c1-15-4-2-3-5-20(15)24-29(26,27)19-12-10-18(11-13-19)28-14-21(25)23-17-8-6-16(22)7-9-17/h2-13,24H,14H2,1H3,(H,23,25).